The number of carbonyl (C=O) groups is 2. The molecule has 2 bridgehead atoms. The van der Waals surface area contributed by atoms with Crippen LogP contribution in [0.4, 0.5) is 16.3 Å². The summed E-state index contributed by atoms with van der Waals surface area (Å²) in [6.45, 7) is 8.87. The number of amides is 2. The molecule has 2 saturated heterocycles. The highest BCUT2D eigenvalue weighted by Gasteiger charge is 2.41. The maximum atomic E-state index is 13.1. The summed E-state index contributed by atoms with van der Waals surface area (Å²) in [5.41, 5.74) is 5.51. The van der Waals surface area contributed by atoms with Gasteiger partial charge in [-0.1, -0.05) is 50.6 Å². The van der Waals surface area contributed by atoms with Crippen molar-refractivity contribution in [1.29, 1.82) is 0 Å². The van der Waals surface area contributed by atoms with E-state index >= 15 is 0 Å². The first-order valence-corrected chi connectivity index (χ1v) is 15.7. The van der Waals surface area contributed by atoms with E-state index in [9.17, 15) is 9.59 Å². The van der Waals surface area contributed by atoms with Crippen molar-refractivity contribution < 1.29 is 9.59 Å². The van der Waals surface area contributed by atoms with Crippen LogP contribution < -0.4 is 10.6 Å². The number of hydrogen-bond acceptors (Lipinski definition) is 5. The average molecular weight is 591 g/mol. The summed E-state index contributed by atoms with van der Waals surface area (Å²) in [7, 11) is 0. The number of nitrogens with one attached hydrogen (secondary N) is 2. The Kier molecular flexibility index (Phi) is 8.36. The monoisotopic (exact) mass is 590 g/mol. The molecule has 4 aromatic rings. The van der Waals surface area contributed by atoms with E-state index in [2.05, 4.69) is 53.4 Å². The fourth-order valence-corrected chi connectivity index (χ4v) is 6.65. The molecule has 8 heteroatoms. The number of aryl methyl sites for hydroxylation is 1. The minimum absolute atomic E-state index is 0.161. The van der Waals surface area contributed by atoms with Gasteiger partial charge in [-0.15, -0.1) is 0 Å². The van der Waals surface area contributed by atoms with Crippen LogP contribution in [-0.4, -0.2) is 50.1 Å². The van der Waals surface area contributed by atoms with Crippen LogP contribution >= 0.6 is 0 Å². The number of anilines is 2. The number of urea groups is 1. The van der Waals surface area contributed by atoms with Crippen molar-refractivity contribution in [2.24, 2.45) is 5.92 Å². The second kappa shape index (κ2) is 12.4. The van der Waals surface area contributed by atoms with Crippen molar-refractivity contribution >= 4 is 23.3 Å². The van der Waals surface area contributed by atoms with Gasteiger partial charge in [0.2, 0.25) is 0 Å². The molecule has 2 aliphatic heterocycles. The maximum absolute atomic E-state index is 13.1. The number of aromatic nitrogens is 3. The molecule has 2 aromatic heterocycles. The lowest BCUT2D eigenvalue weighted by Gasteiger charge is -2.38. The first-order chi connectivity index (χ1) is 21.1. The normalized spacial score (nSPS) is 20.0. The summed E-state index contributed by atoms with van der Waals surface area (Å²) in [5, 5.41) is 10.8. The number of benzene rings is 2. The van der Waals surface area contributed by atoms with Gasteiger partial charge in [0, 0.05) is 47.2 Å². The molecular weight excluding hydrogens is 548 g/mol. The van der Waals surface area contributed by atoms with Gasteiger partial charge in [-0.25, -0.2) is 9.48 Å². The predicted molar refractivity (Wildman–Crippen MR) is 175 cm³/mol. The maximum Gasteiger partial charge on any atom is 0.324 e. The quantitative estimate of drug-likeness (QED) is 0.212. The highest BCUT2D eigenvalue weighted by Crippen LogP contribution is 2.40. The Morgan fingerprint density at radius 2 is 1.64 bits per heavy atom. The fraction of sp³-hybridized carbons (Fsp3) is 0.389. The third kappa shape index (κ3) is 6.76. The first-order valence-electron chi connectivity index (χ1n) is 15.7. The number of carbonyl (C=O) groups excluding carboxylic acids is 2. The van der Waals surface area contributed by atoms with Crippen molar-refractivity contribution in [3.05, 3.63) is 102 Å². The smallest absolute Gasteiger partial charge is 0.308 e. The number of fused-ring (bicyclic) bond motifs is 2. The third-order valence-electron chi connectivity index (χ3n) is 9.03. The summed E-state index contributed by atoms with van der Waals surface area (Å²) in [5.74, 6) is 1.38. The van der Waals surface area contributed by atoms with E-state index in [1.165, 1.54) is 24.0 Å². The van der Waals surface area contributed by atoms with Crippen molar-refractivity contribution in [1.82, 2.24) is 19.7 Å². The zero-order valence-electron chi connectivity index (χ0n) is 26.1. The second-order valence-electron chi connectivity index (χ2n) is 13.5. The van der Waals surface area contributed by atoms with Gasteiger partial charge in [-0.2, -0.15) is 5.10 Å². The molecule has 44 heavy (non-hydrogen) atoms. The standard InChI is InChI=1S/C36H42N6O2/c1-24-7-13-29(14-8-24)42-34(21-33(40-42)36(2,3)4)39-35(44)38-28-11-9-25(10-12-28)18-26-19-30-15-16-31(20-26)41(30)23-32(43)27-6-5-17-37-22-27/h5-14,17,21-22,26,30-31H,15-16,18-20,23H2,1-4H3,(H2,38,39,44). The molecule has 6 rings (SSSR count). The van der Waals surface area contributed by atoms with E-state index in [-0.39, 0.29) is 17.2 Å². The number of pyridine rings is 1. The number of hydrogen-bond donors (Lipinski definition) is 2. The van der Waals surface area contributed by atoms with Crippen molar-refractivity contribution in [2.45, 2.75) is 77.3 Å². The van der Waals surface area contributed by atoms with Crippen LogP contribution in [0.2, 0.25) is 0 Å². The van der Waals surface area contributed by atoms with Crippen LogP contribution in [0.5, 0.6) is 0 Å². The number of piperidine rings is 1. The van der Waals surface area contributed by atoms with E-state index in [4.69, 9.17) is 5.10 Å². The SMILES string of the molecule is Cc1ccc(-n2nc(C(C)(C)C)cc2NC(=O)Nc2ccc(CC3CC4CCC(C3)N4CC(=O)c3cccnc3)cc2)cc1. The van der Waals surface area contributed by atoms with Crippen LogP contribution in [-0.2, 0) is 11.8 Å². The topological polar surface area (TPSA) is 92.2 Å². The zero-order chi connectivity index (χ0) is 30.8. The largest absolute Gasteiger partial charge is 0.324 e. The highest BCUT2D eigenvalue weighted by molar-refractivity contribution is 5.99. The number of Topliss-reactive ketones (excluding diaryl/α,β-unsaturated/α-hetero) is 1. The summed E-state index contributed by atoms with van der Waals surface area (Å²) in [4.78, 5) is 32.4. The van der Waals surface area contributed by atoms with Crippen molar-refractivity contribution in [3.8, 4) is 5.69 Å². The van der Waals surface area contributed by atoms with Crippen LogP contribution in [0.15, 0.2) is 79.1 Å². The molecule has 2 atom stereocenters. The van der Waals surface area contributed by atoms with Gasteiger partial charge < -0.3 is 5.32 Å². The lowest BCUT2D eigenvalue weighted by molar-refractivity contribution is 0.0744. The summed E-state index contributed by atoms with van der Waals surface area (Å²) in [6.07, 6.45) is 8.95. The first kappa shape index (κ1) is 29.8. The van der Waals surface area contributed by atoms with Crippen LogP contribution in [0.3, 0.4) is 0 Å². The minimum atomic E-state index is -0.309. The van der Waals surface area contributed by atoms with Crippen LogP contribution in [0.1, 0.15) is 73.6 Å². The number of nitrogens with zero attached hydrogens (tertiary/aromatic N) is 4. The highest BCUT2D eigenvalue weighted by atomic mass is 16.2. The van der Waals surface area contributed by atoms with Gasteiger partial charge in [0.15, 0.2) is 5.78 Å². The molecule has 2 aromatic carbocycles. The van der Waals surface area contributed by atoms with Gasteiger partial charge in [0.25, 0.3) is 0 Å². The molecule has 8 nitrogen and oxygen atoms in total. The second-order valence-corrected chi connectivity index (χ2v) is 13.5. The molecule has 2 unspecified atom stereocenters. The Morgan fingerprint density at radius 1 is 0.932 bits per heavy atom. The molecule has 2 fully saturated rings. The van der Waals surface area contributed by atoms with E-state index < -0.39 is 0 Å². The molecule has 4 heterocycles. The molecule has 2 aliphatic rings. The lowest BCUT2D eigenvalue weighted by Crippen LogP contribution is -2.45. The number of rotatable bonds is 8. The van der Waals surface area contributed by atoms with E-state index in [1.54, 1.807) is 17.1 Å². The van der Waals surface area contributed by atoms with Gasteiger partial charge in [-0.05, 0) is 86.9 Å². The molecule has 0 saturated carbocycles. The minimum Gasteiger partial charge on any atom is -0.308 e. The lowest BCUT2D eigenvalue weighted by atomic mass is 9.85. The van der Waals surface area contributed by atoms with Gasteiger partial charge in [0.1, 0.15) is 5.82 Å². The summed E-state index contributed by atoms with van der Waals surface area (Å²) in [6, 6.07) is 22.5. The fourth-order valence-electron chi connectivity index (χ4n) is 6.65. The molecule has 2 amide bonds. The summed E-state index contributed by atoms with van der Waals surface area (Å²) < 4.78 is 1.79. The summed E-state index contributed by atoms with van der Waals surface area (Å²) >= 11 is 0. The predicted octanol–water partition coefficient (Wildman–Crippen LogP) is 7.19. The number of ketones is 1. The van der Waals surface area contributed by atoms with E-state index in [0.29, 0.717) is 35.9 Å². The Morgan fingerprint density at radius 3 is 2.27 bits per heavy atom. The molecule has 0 aliphatic carbocycles. The van der Waals surface area contributed by atoms with Gasteiger partial charge in [0.05, 0.1) is 17.9 Å². The molecule has 2 N–H and O–H groups in total. The molecule has 228 valence electrons. The Balaban J connectivity index is 1.05. The Bertz CT molecular complexity index is 1590. The van der Waals surface area contributed by atoms with Gasteiger partial charge in [-0.3, -0.25) is 20.0 Å². The van der Waals surface area contributed by atoms with Crippen LogP contribution in [0, 0.1) is 12.8 Å². The molecular formula is C36H42N6O2. The van der Waals surface area contributed by atoms with Crippen molar-refractivity contribution in [2.75, 3.05) is 17.2 Å². The third-order valence-corrected chi connectivity index (χ3v) is 9.03. The Labute approximate surface area is 259 Å². The zero-order valence-corrected chi connectivity index (χ0v) is 26.1. The molecule has 0 radical (unpaired) electrons. The average Bonchev–Trinajstić information content (AvgIpc) is 3.52. The van der Waals surface area contributed by atoms with E-state index in [1.807, 2.05) is 61.5 Å². The molecule has 0 spiro atoms. The van der Waals surface area contributed by atoms with Crippen molar-refractivity contribution in [3.63, 3.8) is 0 Å². The van der Waals surface area contributed by atoms with Gasteiger partial charge >= 0.3 is 6.03 Å². The van der Waals surface area contributed by atoms with E-state index in [0.717, 1.165) is 36.3 Å². The van der Waals surface area contributed by atoms with Crippen LogP contribution in [0.25, 0.3) is 5.69 Å². The Hall–Kier alpha value is -4.30.